The molecule has 2 rings (SSSR count). The molecule has 0 aliphatic heterocycles. The second-order valence-electron chi connectivity index (χ2n) is 5.60. The summed E-state index contributed by atoms with van der Waals surface area (Å²) < 4.78 is 0. The van der Waals surface area contributed by atoms with E-state index in [-0.39, 0.29) is 17.9 Å². The lowest BCUT2D eigenvalue weighted by atomic mass is 10.1. The Morgan fingerprint density at radius 1 is 1.42 bits per heavy atom. The number of hydrogen-bond acceptors (Lipinski definition) is 4. The fourth-order valence-electron chi connectivity index (χ4n) is 2.47. The molecule has 0 amide bonds. The van der Waals surface area contributed by atoms with Crippen molar-refractivity contribution in [3.63, 3.8) is 0 Å². The van der Waals surface area contributed by atoms with Gasteiger partial charge in [-0.25, -0.2) is 9.97 Å². The van der Waals surface area contributed by atoms with Gasteiger partial charge in [0.05, 0.1) is 5.92 Å². The number of nitrogens with one attached hydrogen (secondary N) is 1. The van der Waals surface area contributed by atoms with Gasteiger partial charge in [0.25, 0.3) is 0 Å². The first-order valence-corrected chi connectivity index (χ1v) is 6.80. The number of aryl methyl sites for hydroxylation is 1. The van der Waals surface area contributed by atoms with Crippen molar-refractivity contribution in [1.82, 2.24) is 9.97 Å². The Morgan fingerprint density at radius 2 is 2.16 bits per heavy atom. The van der Waals surface area contributed by atoms with Crippen molar-refractivity contribution >= 4 is 11.8 Å². The number of nitrogens with zero attached hydrogens (tertiary/aromatic N) is 2. The number of carbonyl (C=O) groups is 1. The minimum Gasteiger partial charge on any atom is -0.481 e. The molecule has 1 aromatic rings. The highest BCUT2D eigenvalue weighted by atomic mass is 16.4. The van der Waals surface area contributed by atoms with Gasteiger partial charge >= 0.3 is 5.97 Å². The van der Waals surface area contributed by atoms with Gasteiger partial charge in [0, 0.05) is 23.7 Å². The first kappa shape index (κ1) is 13.8. The van der Waals surface area contributed by atoms with Crippen LogP contribution in [-0.2, 0) is 4.79 Å². The van der Waals surface area contributed by atoms with Crippen LogP contribution >= 0.6 is 0 Å². The van der Waals surface area contributed by atoms with E-state index in [0.29, 0.717) is 6.42 Å². The molecule has 1 fully saturated rings. The fraction of sp³-hybridized carbons (Fsp3) is 0.643. The lowest BCUT2D eigenvalue weighted by Gasteiger charge is -2.15. The summed E-state index contributed by atoms with van der Waals surface area (Å²) in [4.78, 5) is 19.8. The predicted octanol–water partition coefficient (Wildman–Crippen LogP) is 2.57. The molecule has 5 nitrogen and oxygen atoms in total. The Balaban J connectivity index is 2.06. The monoisotopic (exact) mass is 263 g/mol. The molecule has 2 atom stereocenters. The topological polar surface area (TPSA) is 75.1 Å². The molecular formula is C14H21N3O2. The Kier molecular flexibility index (Phi) is 4.02. The molecule has 2 N–H and O–H groups in total. The average Bonchev–Trinajstić information content (AvgIpc) is 2.76. The van der Waals surface area contributed by atoms with Crippen LogP contribution in [0.4, 0.5) is 5.82 Å². The molecule has 0 spiro atoms. The van der Waals surface area contributed by atoms with E-state index in [9.17, 15) is 4.79 Å². The number of aromatic nitrogens is 2. The van der Waals surface area contributed by atoms with Gasteiger partial charge in [0.15, 0.2) is 0 Å². The fourth-order valence-corrected chi connectivity index (χ4v) is 2.47. The van der Waals surface area contributed by atoms with Crippen molar-refractivity contribution in [1.29, 1.82) is 0 Å². The molecule has 5 heteroatoms. The second kappa shape index (κ2) is 5.55. The number of rotatable bonds is 4. The van der Waals surface area contributed by atoms with Crippen LogP contribution in [0.15, 0.2) is 6.07 Å². The van der Waals surface area contributed by atoms with Crippen LogP contribution in [0.3, 0.4) is 0 Å². The van der Waals surface area contributed by atoms with E-state index >= 15 is 0 Å². The van der Waals surface area contributed by atoms with Gasteiger partial charge in [-0.2, -0.15) is 0 Å². The van der Waals surface area contributed by atoms with Crippen LogP contribution in [0.25, 0.3) is 0 Å². The van der Waals surface area contributed by atoms with E-state index in [1.165, 1.54) is 0 Å². The van der Waals surface area contributed by atoms with Gasteiger partial charge in [0.2, 0.25) is 0 Å². The van der Waals surface area contributed by atoms with Crippen molar-refractivity contribution in [2.45, 2.75) is 52.0 Å². The van der Waals surface area contributed by atoms with Gasteiger partial charge in [-0.3, -0.25) is 4.79 Å². The van der Waals surface area contributed by atoms with Crippen LogP contribution < -0.4 is 5.32 Å². The maximum atomic E-state index is 10.9. The summed E-state index contributed by atoms with van der Waals surface area (Å²) in [6.07, 6.45) is 2.31. The molecule has 2 unspecified atom stereocenters. The molecule has 0 saturated heterocycles. The summed E-state index contributed by atoms with van der Waals surface area (Å²) in [5, 5.41) is 12.4. The zero-order valence-electron chi connectivity index (χ0n) is 11.7. The van der Waals surface area contributed by atoms with Crippen LogP contribution in [0.5, 0.6) is 0 Å². The normalized spacial score (nSPS) is 22.7. The van der Waals surface area contributed by atoms with Gasteiger partial charge in [-0.15, -0.1) is 0 Å². The molecule has 0 radical (unpaired) electrons. The van der Waals surface area contributed by atoms with E-state index in [1.54, 1.807) is 0 Å². The Hall–Kier alpha value is -1.65. The highest BCUT2D eigenvalue weighted by molar-refractivity contribution is 5.70. The predicted molar refractivity (Wildman–Crippen MR) is 73.2 cm³/mol. The lowest BCUT2D eigenvalue weighted by Crippen LogP contribution is -2.19. The Morgan fingerprint density at radius 3 is 2.74 bits per heavy atom. The summed E-state index contributed by atoms with van der Waals surface area (Å²) in [7, 11) is 0. The maximum Gasteiger partial charge on any atom is 0.306 e. The standard InChI is InChI=1S/C14H21N3O2/c1-8(2)13-15-9(3)6-12(17-13)16-11-5-4-10(7-11)14(18)19/h6,8,10-11H,4-5,7H2,1-3H3,(H,18,19)(H,15,16,17). The molecule has 1 heterocycles. The van der Waals surface area contributed by atoms with Gasteiger partial charge < -0.3 is 10.4 Å². The first-order chi connectivity index (χ1) is 8.95. The van der Waals surface area contributed by atoms with E-state index in [1.807, 2.05) is 13.0 Å². The molecule has 1 aliphatic carbocycles. The van der Waals surface area contributed by atoms with Crippen LogP contribution in [0.1, 0.15) is 50.5 Å². The van der Waals surface area contributed by atoms with E-state index < -0.39 is 5.97 Å². The second-order valence-corrected chi connectivity index (χ2v) is 5.60. The summed E-state index contributed by atoms with van der Waals surface area (Å²) in [5.74, 6) is 1.02. The van der Waals surface area contributed by atoms with Gasteiger partial charge in [-0.05, 0) is 26.2 Å². The Bertz CT molecular complexity index is 474. The molecule has 1 aliphatic rings. The van der Waals surface area contributed by atoms with E-state index in [0.717, 1.165) is 30.2 Å². The van der Waals surface area contributed by atoms with Crippen LogP contribution in [0.2, 0.25) is 0 Å². The molecule has 1 saturated carbocycles. The third-order valence-electron chi connectivity index (χ3n) is 3.52. The van der Waals surface area contributed by atoms with Crippen LogP contribution in [0, 0.1) is 12.8 Å². The molecule has 104 valence electrons. The van der Waals surface area contributed by atoms with Gasteiger partial charge in [0.1, 0.15) is 11.6 Å². The number of carboxylic acids is 1. The smallest absolute Gasteiger partial charge is 0.306 e. The molecule has 0 aromatic carbocycles. The number of aliphatic carboxylic acids is 1. The minimum absolute atomic E-state index is 0.204. The lowest BCUT2D eigenvalue weighted by molar-refractivity contribution is -0.141. The highest BCUT2D eigenvalue weighted by Crippen LogP contribution is 2.28. The third-order valence-corrected chi connectivity index (χ3v) is 3.52. The average molecular weight is 263 g/mol. The maximum absolute atomic E-state index is 10.9. The summed E-state index contributed by atoms with van der Waals surface area (Å²) in [5.41, 5.74) is 0.939. The quantitative estimate of drug-likeness (QED) is 0.873. The van der Waals surface area contributed by atoms with Crippen molar-refractivity contribution in [2.24, 2.45) is 5.92 Å². The summed E-state index contributed by atoms with van der Waals surface area (Å²) in [6.45, 7) is 6.08. The summed E-state index contributed by atoms with van der Waals surface area (Å²) in [6, 6.07) is 2.12. The number of carboxylic acid groups (broad SMARTS) is 1. The molecule has 1 aromatic heterocycles. The van der Waals surface area contributed by atoms with Crippen LogP contribution in [-0.4, -0.2) is 27.1 Å². The SMILES string of the molecule is Cc1cc(NC2CCC(C(=O)O)C2)nc(C(C)C)n1. The number of anilines is 1. The zero-order chi connectivity index (χ0) is 14.0. The third kappa shape index (κ3) is 3.43. The molecule has 0 bridgehead atoms. The molecular weight excluding hydrogens is 242 g/mol. The Labute approximate surface area is 113 Å². The summed E-state index contributed by atoms with van der Waals surface area (Å²) >= 11 is 0. The largest absolute Gasteiger partial charge is 0.481 e. The molecule has 19 heavy (non-hydrogen) atoms. The van der Waals surface area contributed by atoms with Gasteiger partial charge in [-0.1, -0.05) is 13.8 Å². The van der Waals surface area contributed by atoms with Crippen molar-refractivity contribution in [3.8, 4) is 0 Å². The zero-order valence-corrected chi connectivity index (χ0v) is 11.7. The van der Waals surface area contributed by atoms with Crippen molar-refractivity contribution < 1.29 is 9.90 Å². The minimum atomic E-state index is -0.689. The first-order valence-electron chi connectivity index (χ1n) is 6.80. The highest BCUT2D eigenvalue weighted by Gasteiger charge is 2.29. The van der Waals surface area contributed by atoms with Crippen molar-refractivity contribution in [3.05, 3.63) is 17.6 Å². The number of hydrogen-bond donors (Lipinski definition) is 2. The van der Waals surface area contributed by atoms with Crippen molar-refractivity contribution in [2.75, 3.05) is 5.32 Å². The van der Waals surface area contributed by atoms with E-state index in [4.69, 9.17) is 5.11 Å². The van der Waals surface area contributed by atoms with E-state index in [2.05, 4.69) is 29.1 Å².